The fourth-order valence-corrected chi connectivity index (χ4v) is 1.75. The number of hydrogen-bond donors (Lipinski definition) is 2. The third-order valence-corrected chi connectivity index (χ3v) is 2.60. The van der Waals surface area contributed by atoms with E-state index in [1.54, 1.807) is 20.8 Å². The van der Waals surface area contributed by atoms with E-state index in [1.165, 1.54) is 4.90 Å². The van der Waals surface area contributed by atoms with Gasteiger partial charge in [-0.2, -0.15) is 0 Å². The molecule has 1 rings (SSSR count). The summed E-state index contributed by atoms with van der Waals surface area (Å²) in [5.41, 5.74) is 4.45. The average Bonchev–Trinajstić information content (AvgIpc) is 2.25. The molecule has 0 aromatic rings. The summed E-state index contributed by atoms with van der Waals surface area (Å²) in [7, 11) is 0. The molecule has 0 aromatic heterocycles. The molecule has 8 heteroatoms. The van der Waals surface area contributed by atoms with Gasteiger partial charge in [0.1, 0.15) is 11.6 Å². The number of nitrogens with zero attached hydrogens (tertiary/aromatic N) is 2. The molecule has 0 aromatic carbocycles. The number of amides is 3. The molecule has 108 valence electrons. The number of hydrogen-bond acceptors (Lipinski definition) is 4. The van der Waals surface area contributed by atoms with Crippen LogP contribution in [0.15, 0.2) is 0 Å². The molecule has 3 N–H and O–H groups in total. The molecule has 8 nitrogen and oxygen atoms in total. The summed E-state index contributed by atoms with van der Waals surface area (Å²) in [6, 6.07) is -1.95. The molecule has 19 heavy (non-hydrogen) atoms. The molecule has 0 bridgehead atoms. The number of nitrogens with two attached hydrogens (primary N) is 1. The summed E-state index contributed by atoms with van der Waals surface area (Å²) in [6.07, 6.45) is -0.595. The SMILES string of the molecule is CC(C)(C)OC(=O)N1CCN(C(N)=O)C(C(=O)O)C1. The molecule has 1 saturated heterocycles. The summed E-state index contributed by atoms with van der Waals surface area (Å²) >= 11 is 0. The van der Waals surface area contributed by atoms with E-state index < -0.39 is 29.7 Å². The van der Waals surface area contributed by atoms with Gasteiger partial charge in [-0.25, -0.2) is 14.4 Å². The second-order valence-corrected chi connectivity index (χ2v) is 5.31. The van der Waals surface area contributed by atoms with E-state index in [-0.39, 0.29) is 19.6 Å². The Hall–Kier alpha value is -1.99. The third kappa shape index (κ3) is 4.01. The van der Waals surface area contributed by atoms with Gasteiger partial charge >= 0.3 is 18.1 Å². The average molecular weight is 273 g/mol. The Kier molecular flexibility index (Phi) is 4.23. The number of aliphatic carboxylic acids is 1. The van der Waals surface area contributed by atoms with Crippen molar-refractivity contribution in [3.63, 3.8) is 0 Å². The van der Waals surface area contributed by atoms with E-state index in [4.69, 9.17) is 15.6 Å². The minimum atomic E-state index is -1.20. The zero-order chi connectivity index (χ0) is 14.8. The van der Waals surface area contributed by atoms with Crippen LogP contribution in [0.4, 0.5) is 9.59 Å². The third-order valence-electron chi connectivity index (χ3n) is 2.60. The molecule has 1 aliphatic heterocycles. The Balaban J connectivity index is 2.74. The molecule has 0 spiro atoms. The highest BCUT2D eigenvalue weighted by Crippen LogP contribution is 2.15. The number of urea groups is 1. The summed E-state index contributed by atoms with van der Waals surface area (Å²) in [5, 5.41) is 9.06. The van der Waals surface area contributed by atoms with Crippen LogP contribution in [0.1, 0.15) is 20.8 Å². The van der Waals surface area contributed by atoms with E-state index in [2.05, 4.69) is 0 Å². The second kappa shape index (κ2) is 5.33. The summed E-state index contributed by atoms with van der Waals surface area (Å²) in [6.45, 7) is 5.30. The largest absolute Gasteiger partial charge is 0.480 e. The maximum Gasteiger partial charge on any atom is 0.410 e. The highest BCUT2D eigenvalue weighted by molar-refractivity contribution is 5.83. The molecule has 1 heterocycles. The lowest BCUT2D eigenvalue weighted by atomic mass is 10.2. The van der Waals surface area contributed by atoms with Crippen LogP contribution in [0.2, 0.25) is 0 Å². The van der Waals surface area contributed by atoms with Crippen LogP contribution in [0.3, 0.4) is 0 Å². The molecular weight excluding hydrogens is 254 g/mol. The molecule has 0 radical (unpaired) electrons. The van der Waals surface area contributed by atoms with Crippen LogP contribution in [0, 0.1) is 0 Å². The summed E-state index contributed by atoms with van der Waals surface area (Å²) < 4.78 is 5.16. The molecule has 1 unspecified atom stereocenters. The Labute approximate surface area is 111 Å². The maximum atomic E-state index is 11.8. The molecule has 1 aliphatic rings. The number of carbonyl (C=O) groups is 3. The van der Waals surface area contributed by atoms with Gasteiger partial charge in [0.15, 0.2) is 0 Å². The van der Waals surface area contributed by atoms with Gasteiger partial charge in [-0.15, -0.1) is 0 Å². The lowest BCUT2D eigenvalue weighted by molar-refractivity contribution is -0.144. The Morgan fingerprint density at radius 1 is 1.26 bits per heavy atom. The van der Waals surface area contributed by atoms with Crippen molar-refractivity contribution >= 4 is 18.1 Å². The number of carboxylic acids is 1. The van der Waals surface area contributed by atoms with Crippen molar-refractivity contribution in [1.29, 1.82) is 0 Å². The highest BCUT2D eigenvalue weighted by Gasteiger charge is 2.37. The van der Waals surface area contributed by atoms with Gasteiger partial charge in [-0.05, 0) is 20.8 Å². The van der Waals surface area contributed by atoms with E-state index in [9.17, 15) is 14.4 Å². The smallest absolute Gasteiger partial charge is 0.410 e. The Morgan fingerprint density at radius 2 is 1.84 bits per heavy atom. The van der Waals surface area contributed by atoms with Crippen LogP contribution in [0.5, 0.6) is 0 Å². The van der Waals surface area contributed by atoms with Gasteiger partial charge in [-0.3, -0.25) is 0 Å². The van der Waals surface area contributed by atoms with Crippen LogP contribution in [-0.4, -0.2) is 64.3 Å². The standard InChI is InChI=1S/C11H19N3O5/c1-11(2,3)19-10(18)13-4-5-14(9(12)17)7(6-13)8(15)16/h7H,4-6H2,1-3H3,(H2,12,17)(H,15,16). The van der Waals surface area contributed by atoms with Crippen LogP contribution in [-0.2, 0) is 9.53 Å². The molecule has 3 amide bonds. The zero-order valence-corrected chi connectivity index (χ0v) is 11.3. The van der Waals surface area contributed by atoms with Gasteiger partial charge in [0.05, 0.1) is 6.54 Å². The number of carboxylic acid groups (broad SMARTS) is 1. The van der Waals surface area contributed by atoms with E-state index >= 15 is 0 Å². The fraction of sp³-hybridized carbons (Fsp3) is 0.727. The maximum absolute atomic E-state index is 11.8. The number of primary amides is 1. The first-order chi connectivity index (χ1) is 8.61. The minimum absolute atomic E-state index is 0.0749. The first kappa shape index (κ1) is 15.1. The molecular formula is C11H19N3O5. The van der Waals surface area contributed by atoms with E-state index in [1.807, 2.05) is 0 Å². The van der Waals surface area contributed by atoms with Gasteiger partial charge in [0.2, 0.25) is 0 Å². The predicted octanol–water partition coefficient (Wildman–Crippen LogP) is 0.0710. The van der Waals surface area contributed by atoms with E-state index in [0.717, 1.165) is 4.90 Å². The number of piperazine rings is 1. The first-order valence-corrected chi connectivity index (χ1v) is 5.88. The molecule has 1 atom stereocenters. The van der Waals surface area contributed by atoms with Crippen LogP contribution >= 0.6 is 0 Å². The number of ether oxygens (including phenoxy) is 1. The quantitative estimate of drug-likeness (QED) is 0.702. The molecule has 0 saturated carbocycles. The highest BCUT2D eigenvalue weighted by atomic mass is 16.6. The van der Waals surface area contributed by atoms with Crippen molar-refractivity contribution in [2.24, 2.45) is 5.73 Å². The normalized spacial score (nSPS) is 20.1. The lowest BCUT2D eigenvalue weighted by Gasteiger charge is -2.38. The van der Waals surface area contributed by atoms with Gasteiger partial charge < -0.3 is 25.4 Å². The monoisotopic (exact) mass is 273 g/mol. The Morgan fingerprint density at radius 3 is 2.26 bits per heavy atom. The van der Waals surface area contributed by atoms with Crippen LogP contribution in [0.25, 0.3) is 0 Å². The lowest BCUT2D eigenvalue weighted by Crippen LogP contribution is -2.60. The summed E-state index contributed by atoms with van der Waals surface area (Å²) in [4.78, 5) is 36.4. The molecule has 0 aliphatic carbocycles. The fourth-order valence-electron chi connectivity index (χ4n) is 1.75. The molecule has 1 fully saturated rings. The van der Waals surface area contributed by atoms with Crippen molar-refractivity contribution in [2.75, 3.05) is 19.6 Å². The second-order valence-electron chi connectivity index (χ2n) is 5.31. The van der Waals surface area contributed by atoms with Crippen molar-refractivity contribution in [3.05, 3.63) is 0 Å². The van der Waals surface area contributed by atoms with Crippen LogP contribution < -0.4 is 5.73 Å². The van der Waals surface area contributed by atoms with Crippen molar-refractivity contribution in [1.82, 2.24) is 9.80 Å². The number of carbonyl (C=O) groups excluding carboxylic acids is 2. The van der Waals surface area contributed by atoms with Gasteiger partial charge in [0.25, 0.3) is 0 Å². The Bertz CT molecular complexity index is 390. The minimum Gasteiger partial charge on any atom is -0.480 e. The summed E-state index contributed by atoms with van der Waals surface area (Å²) in [5.74, 6) is -1.20. The van der Waals surface area contributed by atoms with Crippen molar-refractivity contribution < 1.29 is 24.2 Å². The van der Waals surface area contributed by atoms with Gasteiger partial charge in [-0.1, -0.05) is 0 Å². The zero-order valence-electron chi connectivity index (χ0n) is 11.3. The topological polar surface area (TPSA) is 113 Å². The van der Waals surface area contributed by atoms with Crippen molar-refractivity contribution in [2.45, 2.75) is 32.4 Å². The van der Waals surface area contributed by atoms with E-state index in [0.29, 0.717) is 0 Å². The first-order valence-electron chi connectivity index (χ1n) is 5.88. The number of rotatable bonds is 1. The van der Waals surface area contributed by atoms with Crippen molar-refractivity contribution in [3.8, 4) is 0 Å². The van der Waals surface area contributed by atoms with Gasteiger partial charge in [0, 0.05) is 13.1 Å². The predicted molar refractivity (Wildman–Crippen MR) is 65.5 cm³/mol.